The zero-order valence-electron chi connectivity index (χ0n) is 12.7. The number of likely N-dealkylation sites (N-methyl/N-ethyl adjacent to an activating group) is 1. The minimum atomic E-state index is 0.236. The van der Waals surface area contributed by atoms with Crippen molar-refractivity contribution >= 4 is 0 Å². The third kappa shape index (κ3) is 4.50. The third-order valence-corrected chi connectivity index (χ3v) is 3.40. The van der Waals surface area contributed by atoms with Gasteiger partial charge in [0.25, 0.3) is 0 Å². The Kier molecular flexibility index (Phi) is 5.64. The topological polar surface area (TPSA) is 41.5 Å². The van der Waals surface area contributed by atoms with E-state index in [0.29, 0.717) is 12.4 Å². The summed E-state index contributed by atoms with van der Waals surface area (Å²) in [5.74, 6) is 1.21. The molecule has 2 aromatic carbocycles. The van der Waals surface area contributed by atoms with Crippen molar-refractivity contribution in [3.8, 4) is 11.5 Å². The fourth-order valence-corrected chi connectivity index (χ4v) is 2.41. The van der Waals surface area contributed by atoms with Gasteiger partial charge in [-0.1, -0.05) is 31.2 Å². The SMILES string of the molecule is CCNC(Cc1ccc(O)cc1)c1cccc(OCC)c1. The van der Waals surface area contributed by atoms with E-state index in [-0.39, 0.29) is 6.04 Å². The minimum Gasteiger partial charge on any atom is -0.508 e. The van der Waals surface area contributed by atoms with Crippen LogP contribution >= 0.6 is 0 Å². The second kappa shape index (κ2) is 7.70. The number of hydrogen-bond acceptors (Lipinski definition) is 3. The zero-order chi connectivity index (χ0) is 15.1. The van der Waals surface area contributed by atoms with Gasteiger partial charge in [-0.2, -0.15) is 0 Å². The van der Waals surface area contributed by atoms with Gasteiger partial charge >= 0.3 is 0 Å². The van der Waals surface area contributed by atoms with Crippen molar-refractivity contribution in [1.82, 2.24) is 5.32 Å². The molecular weight excluding hydrogens is 262 g/mol. The number of phenols is 1. The van der Waals surface area contributed by atoms with E-state index in [2.05, 4.69) is 24.4 Å². The maximum atomic E-state index is 9.37. The molecule has 0 aliphatic rings. The van der Waals surface area contributed by atoms with Crippen LogP contribution in [-0.4, -0.2) is 18.3 Å². The van der Waals surface area contributed by atoms with Gasteiger partial charge in [-0.25, -0.2) is 0 Å². The standard InChI is InChI=1S/C18H23NO2/c1-3-19-18(12-14-8-10-16(20)11-9-14)15-6-5-7-17(13-15)21-4-2/h5-11,13,18-20H,3-4,12H2,1-2H3. The Morgan fingerprint density at radius 2 is 1.86 bits per heavy atom. The van der Waals surface area contributed by atoms with Crippen LogP contribution in [0.1, 0.15) is 31.0 Å². The maximum absolute atomic E-state index is 9.37. The van der Waals surface area contributed by atoms with Gasteiger partial charge in [-0.05, 0) is 55.3 Å². The van der Waals surface area contributed by atoms with Gasteiger partial charge in [0.15, 0.2) is 0 Å². The minimum absolute atomic E-state index is 0.236. The largest absolute Gasteiger partial charge is 0.508 e. The summed E-state index contributed by atoms with van der Waals surface area (Å²) in [5.41, 5.74) is 2.41. The summed E-state index contributed by atoms with van der Waals surface area (Å²) in [6.45, 7) is 5.68. The molecule has 3 heteroatoms. The van der Waals surface area contributed by atoms with Gasteiger partial charge in [0.05, 0.1) is 6.61 Å². The lowest BCUT2D eigenvalue weighted by molar-refractivity contribution is 0.339. The zero-order valence-corrected chi connectivity index (χ0v) is 12.7. The lowest BCUT2D eigenvalue weighted by Gasteiger charge is -2.19. The van der Waals surface area contributed by atoms with Crippen LogP contribution in [-0.2, 0) is 6.42 Å². The number of aromatic hydroxyl groups is 1. The number of benzene rings is 2. The fraction of sp³-hybridized carbons (Fsp3) is 0.333. The van der Waals surface area contributed by atoms with Crippen LogP contribution in [0.5, 0.6) is 11.5 Å². The van der Waals surface area contributed by atoms with Crippen molar-refractivity contribution < 1.29 is 9.84 Å². The van der Waals surface area contributed by atoms with Crippen LogP contribution in [0.15, 0.2) is 48.5 Å². The van der Waals surface area contributed by atoms with E-state index in [1.54, 1.807) is 12.1 Å². The van der Waals surface area contributed by atoms with Gasteiger partial charge in [0, 0.05) is 6.04 Å². The van der Waals surface area contributed by atoms with Crippen molar-refractivity contribution in [1.29, 1.82) is 0 Å². The Morgan fingerprint density at radius 1 is 1.10 bits per heavy atom. The summed E-state index contributed by atoms with van der Waals surface area (Å²) in [4.78, 5) is 0. The van der Waals surface area contributed by atoms with E-state index in [0.717, 1.165) is 18.7 Å². The van der Waals surface area contributed by atoms with Gasteiger partial charge in [0.1, 0.15) is 11.5 Å². The van der Waals surface area contributed by atoms with Gasteiger partial charge in [0.2, 0.25) is 0 Å². The molecule has 0 aromatic heterocycles. The summed E-state index contributed by atoms with van der Waals surface area (Å²) >= 11 is 0. The molecule has 0 aliphatic heterocycles. The first-order valence-electron chi connectivity index (χ1n) is 7.47. The molecule has 0 saturated carbocycles. The fourth-order valence-electron chi connectivity index (χ4n) is 2.41. The normalized spacial score (nSPS) is 12.1. The van der Waals surface area contributed by atoms with Gasteiger partial charge < -0.3 is 15.2 Å². The summed E-state index contributed by atoms with van der Waals surface area (Å²) < 4.78 is 5.58. The first kappa shape index (κ1) is 15.4. The molecule has 2 aromatic rings. The number of phenolic OH excluding ortho intramolecular Hbond substituents is 1. The number of hydrogen-bond donors (Lipinski definition) is 2. The molecule has 0 spiro atoms. The Labute approximate surface area is 126 Å². The predicted octanol–water partition coefficient (Wildman–Crippen LogP) is 3.68. The van der Waals surface area contributed by atoms with E-state index in [4.69, 9.17) is 4.74 Å². The molecule has 2 rings (SSSR count). The highest BCUT2D eigenvalue weighted by atomic mass is 16.5. The lowest BCUT2D eigenvalue weighted by Crippen LogP contribution is -2.23. The highest BCUT2D eigenvalue weighted by Gasteiger charge is 2.12. The summed E-state index contributed by atoms with van der Waals surface area (Å²) in [6.07, 6.45) is 0.879. The summed E-state index contributed by atoms with van der Waals surface area (Å²) in [7, 11) is 0. The maximum Gasteiger partial charge on any atom is 0.119 e. The van der Waals surface area contributed by atoms with E-state index in [1.165, 1.54) is 11.1 Å². The van der Waals surface area contributed by atoms with Crippen LogP contribution < -0.4 is 10.1 Å². The third-order valence-electron chi connectivity index (χ3n) is 3.40. The van der Waals surface area contributed by atoms with Crippen LogP contribution in [0.2, 0.25) is 0 Å². The molecule has 3 nitrogen and oxygen atoms in total. The van der Waals surface area contributed by atoms with Crippen LogP contribution in [0.4, 0.5) is 0 Å². The Morgan fingerprint density at radius 3 is 2.52 bits per heavy atom. The smallest absolute Gasteiger partial charge is 0.119 e. The molecule has 0 radical (unpaired) electrons. The Balaban J connectivity index is 2.17. The molecule has 0 bridgehead atoms. The molecule has 21 heavy (non-hydrogen) atoms. The monoisotopic (exact) mass is 285 g/mol. The van der Waals surface area contributed by atoms with E-state index < -0.39 is 0 Å². The molecule has 2 N–H and O–H groups in total. The highest BCUT2D eigenvalue weighted by molar-refractivity contribution is 5.33. The predicted molar refractivity (Wildman–Crippen MR) is 85.8 cm³/mol. The number of ether oxygens (including phenoxy) is 1. The molecule has 0 saturated heterocycles. The molecular formula is C18H23NO2. The summed E-state index contributed by atoms with van der Waals surface area (Å²) in [6, 6.07) is 15.9. The van der Waals surface area contributed by atoms with Crippen molar-refractivity contribution in [3.05, 3.63) is 59.7 Å². The lowest BCUT2D eigenvalue weighted by atomic mass is 9.98. The second-order valence-electron chi connectivity index (χ2n) is 4.99. The van der Waals surface area contributed by atoms with Crippen molar-refractivity contribution in [2.45, 2.75) is 26.3 Å². The Bertz CT molecular complexity index is 551. The van der Waals surface area contributed by atoms with Gasteiger partial charge in [-0.15, -0.1) is 0 Å². The van der Waals surface area contributed by atoms with E-state index in [9.17, 15) is 5.11 Å². The number of nitrogens with one attached hydrogen (secondary N) is 1. The summed E-state index contributed by atoms with van der Waals surface area (Å²) in [5, 5.41) is 12.9. The molecule has 0 aliphatic carbocycles. The average Bonchev–Trinajstić information content (AvgIpc) is 2.50. The molecule has 112 valence electrons. The van der Waals surface area contributed by atoms with Crippen LogP contribution in [0.25, 0.3) is 0 Å². The molecule has 0 amide bonds. The van der Waals surface area contributed by atoms with Crippen LogP contribution in [0, 0.1) is 0 Å². The van der Waals surface area contributed by atoms with E-state index in [1.807, 2.05) is 31.2 Å². The quantitative estimate of drug-likeness (QED) is 0.815. The van der Waals surface area contributed by atoms with Crippen molar-refractivity contribution in [2.24, 2.45) is 0 Å². The van der Waals surface area contributed by atoms with Crippen molar-refractivity contribution in [2.75, 3.05) is 13.2 Å². The van der Waals surface area contributed by atoms with Crippen LogP contribution in [0.3, 0.4) is 0 Å². The molecule has 0 heterocycles. The molecule has 1 unspecified atom stereocenters. The van der Waals surface area contributed by atoms with Crippen molar-refractivity contribution in [3.63, 3.8) is 0 Å². The second-order valence-corrected chi connectivity index (χ2v) is 4.99. The Hall–Kier alpha value is -2.00. The first-order chi connectivity index (χ1) is 10.2. The molecule has 1 atom stereocenters. The first-order valence-corrected chi connectivity index (χ1v) is 7.47. The average molecular weight is 285 g/mol. The number of rotatable bonds is 7. The van der Waals surface area contributed by atoms with Gasteiger partial charge in [-0.3, -0.25) is 0 Å². The highest BCUT2D eigenvalue weighted by Crippen LogP contribution is 2.23. The van der Waals surface area contributed by atoms with E-state index >= 15 is 0 Å². The molecule has 0 fully saturated rings.